The van der Waals surface area contributed by atoms with Crippen molar-refractivity contribution in [2.24, 2.45) is 0 Å². The Bertz CT molecular complexity index is 2920. The van der Waals surface area contributed by atoms with E-state index in [4.69, 9.17) is 9.72 Å². The first-order valence-corrected chi connectivity index (χ1v) is 18.9. The van der Waals surface area contributed by atoms with Gasteiger partial charge in [0.25, 0.3) is 0 Å². The van der Waals surface area contributed by atoms with Crippen LogP contribution in [0.2, 0.25) is 0 Å². The molecule has 7 heteroatoms. The first-order chi connectivity index (χ1) is 26.6. The van der Waals surface area contributed by atoms with E-state index in [1.54, 1.807) is 0 Å². The van der Waals surface area contributed by atoms with Gasteiger partial charge in [0, 0.05) is 64.9 Å². The Balaban J connectivity index is 1.12. The van der Waals surface area contributed by atoms with Crippen molar-refractivity contribution in [3.63, 3.8) is 0 Å². The molecule has 0 unspecified atom stereocenters. The van der Waals surface area contributed by atoms with Gasteiger partial charge in [0.05, 0.1) is 52.0 Å². The quantitative estimate of drug-likeness (QED) is 0.177. The molecule has 4 aromatic heterocycles. The number of aryl methyl sites for hydroxylation is 2. The zero-order valence-electron chi connectivity index (χ0n) is 32.0. The van der Waals surface area contributed by atoms with Crippen molar-refractivity contribution in [1.82, 2.24) is 19.1 Å². The summed E-state index contributed by atoms with van der Waals surface area (Å²) in [5.41, 5.74) is 12.6. The van der Waals surface area contributed by atoms with Crippen LogP contribution in [-0.4, -0.2) is 32.8 Å². The summed E-state index contributed by atoms with van der Waals surface area (Å²) in [7, 11) is 2.11. The molecule has 55 heavy (non-hydrogen) atoms. The molecule has 0 saturated carbocycles. The van der Waals surface area contributed by atoms with Gasteiger partial charge in [-0.3, -0.25) is 9.55 Å². The lowest BCUT2D eigenvalue weighted by Crippen LogP contribution is -2.24. The topological polar surface area (TPSA) is 51.4 Å². The van der Waals surface area contributed by atoms with Gasteiger partial charge in [-0.1, -0.05) is 75.4 Å². The lowest BCUT2D eigenvalue weighted by atomic mass is 9.86. The molecule has 0 spiro atoms. The molecule has 5 aromatic carbocycles. The summed E-state index contributed by atoms with van der Waals surface area (Å²) in [5.74, 6) is 2.41. The zero-order chi connectivity index (χ0) is 37.6. The molecule has 270 valence electrons. The van der Waals surface area contributed by atoms with Gasteiger partial charge in [-0.2, -0.15) is 0 Å². The van der Waals surface area contributed by atoms with E-state index in [0.29, 0.717) is 0 Å². The number of aromatic nitrogens is 4. The molecule has 0 N–H and O–H groups in total. The number of rotatable bonds is 5. The second kappa shape index (κ2) is 12.2. The van der Waals surface area contributed by atoms with Crippen LogP contribution in [-0.2, 0) is 5.41 Å². The van der Waals surface area contributed by atoms with E-state index in [-0.39, 0.29) is 5.41 Å². The Morgan fingerprint density at radius 1 is 0.600 bits per heavy atom. The third kappa shape index (κ3) is 5.25. The zero-order valence-corrected chi connectivity index (χ0v) is 32.0. The minimum Gasteiger partial charge on any atom is -0.457 e. The van der Waals surface area contributed by atoms with E-state index in [0.717, 1.165) is 63.2 Å². The van der Waals surface area contributed by atoms with Crippen LogP contribution >= 0.6 is 0 Å². The first kappa shape index (κ1) is 33.0. The van der Waals surface area contributed by atoms with Gasteiger partial charge in [0.1, 0.15) is 17.3 Å². The van der Waals surface area contributed by atoms with Crippen molar-refractivity contribution in [2.45, 2.75) is 40.0 Å². The van der Waals surface area contributed by atoms with Gasteiger partial charge < -0.3 is 19.1 Å². The van der Waals surface area contributed by atoms with E-state index in [1.807, 2.05) is 18.6 Å². The molecule has 0 amide bonds. The van der Waals surface area contributed by atoms with Gasteiger partial charge in [-0.05, 0) is 78.4 Å². The Morgan fingerprint density at radius 3 is 2.09 bits per heavy atom. The number of pyridine rings is 2. The summed E-state index contributed by atoms with van der Waals surface area (Å²) in [6.45, 7) is 11.9. The molecular formula is C48H42N6O. The maximum Gasteiger partial charge on any atom is 0.139 e. The Kier molecular flexibility index (Phi) is 7.33. The summed E-state index contributed by atoms with van der Waals surface area (Å²) in [5, 5.41) is 4.83. The molecule has 0 radical (unpaired) electrons. The maximum atomic E-state index is 6.84. The van der Waals surface area contributed by atoms with E-state index >= 15 is 0 Å². The molecule has 9 aromatic rings. The van der Waals surface area contributed by atoms with Crippen molar-refractivity contribution in [2.75, 3.05) is 23.5 Å². The lowest BCUT2D eigenvalue weighted by molar-refractivity contribution is 0.479. The third-order valence-corrected chi connectivity index (χ3v) is 11.2. The van der Waals surface area contributed by atoms with Crippen LogP contribution in [0.25, 0.3) is 55.1 Å². The molecular weight excluding hydrogens is 677 g/mol. The Morgan fingerprint density at radius 2 is 1.33 bits per heavy atom. The van der Waals surface area contributed by atoms with Crippen molar-refractivity contribution in [3.05, 3.63) is 151 Å². The minimum atomic E-state index is -0.0820. The van der Waals surface area contributed by atoms with Crippen molar-refractivity contribution in [3.8, 4) is 23.0 Å². The smallest absolute Gasteiger partial charge is 0.139 e. The van der Waals surface area contributed by atoms with Gasteiger partial charge in [0.2, 0.25) is 0 Å². The highest BCUT2D eigenvalue weighted by molar-refractivity contribution is 6.12. The molecule has 0 atom stereocenters. The lowest BCUT2D eigenvalue weighted by Gasteiger charge is -2.25. The molecule has 0 aliphatic carbocycles. The predicted molar refractivity (Wildman–Crippen MR) is 227 cm³/mol. The molecule has 5 heterocycles. The monoisotopic (exact) mass is 718 g/mol. The highest BCUT2D eigenvalue weighted by Crippen LogP contribution is 2.43. The van der Waals surface area contributed by atoms with Crippen molar-refractivity contribution < 1.29 is 4.74 Å². The largest absolute Gasteiger partial charge is 0.457 e. The molecule has 1 aliphatic heterocycles. The number of hydrogen-bond donors (Lipinski definition) is 0. The summed E-state index contributed by atoms with van der Waals surface area (Å²) in [4.78, 5) is 14.0. The van der Waals surface area contributed by atoms with Crippen LogP contribution in [0.3, 0.4) is 0 Å². The van der Waals surface area contributed by atoms with Gasteiger partial charge in [-0.15, -0.1) is 0 Å². The van der Waals surface area contributed by atoms with Gasteiger partial charge >= 0.3 is 0 Å². The minimum absolute atomic E-state index is 0.0820. The second-order valence-electron chi connectivity index (χ2n) is 15.9. The predicted octanol–water partition coefficient (Wildman–Crippen LogP) is 11.9. The maximum absolute atomic E-state index is 6.84. The van der Waals surface area contributed by atoms with Crippen molar-refractivity contribution >= 4 is 60.7 Å². The van der Waals surface area contributed by atoms with Crippen LogP contribution in [0.4, 0.5) is 17.1 Å². The summed E-state index contributed by atoms with van der Waals surface area (Å²) < 4.78 is 11.5. The molecule has 0 fully saturated rings. The fraction of sp³-hybridized carbons (Fsp3) is 0.167. The fourth-order valence-corrected chi connectivity index (χ4v) is 8.50. The number of nitrogens with zero attached hydrogens (tertiary/aromatic N) is 6. The molecule has 0 saturated heterocycles. The number of anilines is 3. The van der Waals surface area contributed by atoms with Crippen LogP contribution in [0.15, 0.2) is 134 Å². The Labute approximate surface area is 320 Å². The number of benzene rings is 5. The fourth-order valence-electron chi connectivity index (χ4n) is 8.50. The number of hydrogen-bond acceptors (Lipinski definition) is 5. The van der Waals surface area contributed by atoms with Gasteiger partial charge in [0.15, 0.2) is 0 Å². The first-order valence-electron chi connectivity index (χ1n) is 18.9. The molecule has 0 bridgehead atoms. The van der Waals surface area contributed by atoms with Crippen molar-refractivity contribution in [1.29, 1.82) is 0 Å². The van der Waals surface area contributed by atoms with E-state index in [2.05, 4.69) is 181 Å². The van der Waals surface area contributed by atoms with E-state index in [1.165, 1.54) is 43.9 Å². The average Bonchev–Trinajstić information content (AvgIpc) is 3.83. The van der Waals surface area contributed by atoms with Gasteiger partial charge in [-0.25, -0.2) is 4.98 Å². The highest BCUT2D eigenvalue weighted by Gasteiger charge is 2.27. The summed E-state index contributed by atoms with van der Waals surface area (Å²) >= 11 is 0. The standard InChI is InChI=1S/C48H42N6O/c1-30-11-9-14-39-40-15-10-12-31(2)47(40)53(46(30)39)33-19-22-50-45(26-33)54-41-16-8-7-13-37(41)38-18-17-35(27-43(38)54)55-36-24-32(48(3,4)5)23-34(25-36)52-29-51(6)44-28-49-21-20-42(44)52/h7-28H,29H2,1-6H3. The number of fused-ring (bicyclic) bond motifs is 7. The van der Waals surface area contributed by atoms with Crippen LogP contribution in [0.1, 0.15) is 37.5 Å². The number of para-hydroxylation sites is 3. The highest BCUT2D eigenvalue weighted by atomic mass is 16.5. The normalized spacial score (nSPS) is 13.1. The van der Waals surface area contributed by atoms with E-state index in [9.17, 15) is 0 Å². The van der Waals surface area contributed by atoms with E-state index < -0.39 is 0 Å². The number of ether oxygens (including phenoxy) is 1. The summed E-state index contributed by atoms with van der Waals surface area (Å²) in [6.07, 6.45) is 5.73. The molecule has 7 nitrogen and oxygen atoms in total. The van der Waals surface area contributed by atoms with Crippen LogP contribution in [0.5, 0.6) is 11.5 Å². The van der Waals surface area contributed by atoms with Crippen LogP contribution in [0, 0.1) is 13.8 Å². The SMILES string of the molecule is Cc1cccc2c3cccc(C)c3n(-c3ccnc(-n4c5ccccc5c5ccc(Oc6cc(N7CN(C)c8cnccc87)cc(C(C)(C)C)c6)cc54)c3)c12. The summed E-state index contributed by atoms with van der Waals surface area (Å²) in [6, 6.07) is 41.2. The van der Waals surface area contributed by atoms with Crippen LogP contribution < -0.4 is 14.5 Å². The second-order valence-corrected chi connectivity index (χ2v) is 15.9. The third-order valence-electron chi connectivity index (χ3n) is 11.2. The average molecular weight is 719 g/mol. The Hall–Kier alpha value is -6.60. The molecule has 1 aliphatic rings. The molecule has 10 rings (SSSR count).